The van der Waals surface area contributed by atoms with Crippen LogP contribution in [-0.2, 0) is 10.3 Å². The molecule has 0 saturated heterocycles. The van der Waals surface area contributed by atoms with Crippen LogP contribution in [-0.4, -0.2) is 41.9 Å². The van der Waals surface area contributed by atoms with Crippen molar-refractivity contribution in [2.75, 3.05) is 6.54 Å². The van der Waals surface area contributed by atoms with Crippen LogP contribution in [0.25, 0.3) is 0 Å². The Morgan fingerprint density at radius 1 is 1.00 bits per heavy atom. The van der Waals surface area contributed by atoms with E-state index in [0.717, 1.165) is 51.4 Å². The van der Waals surface area contributed by atoms with Crippen LogP contribution in [0.15, 0.2) is 0 Å². The van der Waals surface area contributed by atoms with Crippen LogP contribution in [0, 0.1) is 52.3 Å². The van der Waals surface area contributed by atoms with E-state index >= 15 is 0 Å². The standard InChI is InChI=1S/C25H45NO5S/c1-5-17-21-14-16(27)8-11-25(21,4)20-9-12-24(3)18(6-7-19(24)22(20)23(17)28)15(2)10-13-26-32(29,30)31/h15-23,26-28H,5-14H2,1-4H3,(H,29,30,31)/t15-,16-,17-,18-,19+,20+,21+,22+,23-,24-,25-/m1/s1. The fraction of sp³-hybridized carbons (Fsp3) is 1.00. The quantitative estimate of drug-likeness (QED) is 0.438. The molecule has 0 radical (unpaired) electrons. The van der Waals surface area contributed by atoms with E-state index in [1.54, 1.807) is 0 Å². The molecule has 0 aromatic carbocycles. The molecule has 0 bridgehead atoms. The maximum absolute atomic E-state index is 11.7. The topological polar surface area (TPSA) is 107 Å². The van der Waals surface area contributed by atoms with Crippen molar-refractivity contribution in [3.8, 4) is 0 Å². The van der Waals surface area contributed by atoms with Crippen LogP contribution in [0.5, 0.6) is 0 Å². The average Bonchev–Trinajstić information content (AvgIpc) is 3.06. The molecular formula is C25H45NO5S. The number of aliphatic hydroxyl groups excluding tert-OH is 2. The second-order valence-electron chi connectivity index (χ2n) is 12.3. The second-order valence-corrected chi connectivity index (χ2v) is 13.5. The van der Waals surface area contributed by atoms with Crippen LogP contribution < -0.4 is 4.72 Å². The summed E-state index contributed by atoms with van der Waals surface area (Å²) in [4.78, 5) is 0. The van der Waals surface area contributed by atoms with Crippen molar-refractivity contribution >= 4 is 10.3 Å². The molecule has 0 aliphatic heterocycles. The van der Waals surface area contributed by atoms with Crippen molar-refractivity contribution in [3.63, 3.8) is 0 Å². The molecule has 0 amide bonds. The van der Waals surface area contributed by atoms with Crippen LogP contribution in [0.3, 0.4) is 0 Å². The largest absolute Gasteiger partial charge is 0.393 e. The maximum Gasteiger partial charge on any atom is 0.333 e. The first kappa shape index (κ1) is 24.9. The third-order valence-corrected chi connectivity index (χ3v) is 11.6. The Hall–Kier alpha value is -0.210. The zero-order valence-corrected chi connectivity index (χ0v) is 21.2. The van der Waals surface area contributed by atoms with Crippen molar-refractivity contribution in [1.82, 2.24) is 4.72 Å². The summed E-state index contributed by atoms with van der Waals surface area (Å²) in [6.07, 6.45) is 8.63. The summed E-state index contributed by atoms with van der Waals surface area (Å²) in [6, 6.07) is 0. The summed E-state index contributed by atoms with van der Waals surface area (Å²) >= 11 is 0. The predicted molar refractivity (Wildman–Crippen MR) is 125 cm³/mol. The minimum absolute atomic E-state index is 0.176. The van der Waals surface area contributed by atoms with Crippen molar-refractivity contribution < 1.29 is 23.2 Å². The van der Waals surface area contributed by atoms with E-state index in [4.69, 9.17) is 4.55 Å². The molecule has 4 saturated carbocycles. The van der Waals surface area contributed by atoms with Gasteiger partial charge >= 0.3 is 10.3 Å². The molecule has 0 heterocycles. The van der Waals surface area contributed by atoms with E-state index in [-0.39, 0.29) is 35.5 Å². The monoisotopic (exact) mass is 471 g/mol. The van der Waals surface area contributed by atoms with Gasteiger partial charge in [-0.25, -0.2) is 0 Å². The minimum atomic E-state index is -4.14. The molecule has 4 aliphatic carbocycles. The van der Waals surface area contributed by atoms with E-state index in [2.05, 4.69) is 32.4 Å². The van der Waals surface area contributed by atoms with Crippen molar-refractivity contribution in [2.45, 2.75) is 97.7 Å². The van der Waals surface area contributed by atoms with Gasteiger partial charge in [0.1, 0.15) is 0 Å². The van der Waals surface area contributed by atoms with Gasteiger partial charge in [-0.2, -0.15) is 13.1 Å². The average molecular weight is 472 g/mol. The Labute approximate surface area is 194 Å². The zero-order valence-electron chi connectivity index (χ0n) is 20.3. The van der Waals surface area contributed by atoms with Crippen LogP contribution in [0.4, 0.5) is 0 Å². The molecule has 0 aromatic rings. The number of rotatable bonds is 6. The highest BCUT2D eigenvalue weighted by atomic mass is 32.2. The van der Waals surface area contributed by atoms with E-state index in [1.807, 2.05) is 0 Å². The summed E-state index contributed by atoms with van der Waals surface area (Å²) < 4.78 is 33.3. The van der Waals surface area contributed by atoms with Crippen molar-refractivity contribution in [3.05, 3.63) is 0 Å². The number of hydrogen-bond acceptors (Lipinski definition) is 4. The molecular weight excluding hydrogens is 426 g/mol. The molecule has 6 nitrogen and oxygen atoms in total. The summed E-state index contributed by atoms with van der Waals surface area (Å²) in [5, 5.41) is 22.2. The Morgan fingerprint density at radius 2 is 1.66 bits per heavy atom. The third-order valence-electron chi connectivity index (χ3n) is 11.0. The van der Waals surface area contributed by atoms with E-state index in [0.29, 0.717) is 35.5 Å². The molecule has 7 heteroatoms. The lowest BCUT2D eigenvalue weighted by molar-refractivity contribution is -0.203. The first-order chi connectivity index (χ1) is 14.9. The van der Waals surface area contributed by atoms with E-state index in [9.17, 15) is 18.6 Å². The molecule has 11 atom stereocenters. The number of nitrogens with one attached hydrogen (secondary N) is 1. The molecule has 0 unspecified atom stereocenters. The Bertz CT molecular complexity index is 789. The summed E-state index contributed by atoms with van der Waals surface area (Å²) in [7, 11) is -4.14. The van der Waals surface area contributed by atoms with Crippen LogP contribution >= 0.6 is 0 Å². The normalized spacial score (nSPS) is 49.7. The van der Waals surface area contributed by atoms with E-state index in [1.165, 1.54) is 6.42 Å². The van der Waals surface area contributed by atoms with Crippen LogP contribution in [0.2, 0.25) is 0 Å². The first-order valence-electron chi connectivity index (χ1n) is 13.0. The molecule has 186 valence electrons. The lowest BCUT2D eigenvalue weighted by atomic mass is 9.41. The summed E-state index contributed by atoms with van der Waals surface area (Å²) in [6.45, 7) is 9.60. The minimum Gasteiger partial charge on any atom is -0.393 e. The zero-order chi connectivity index (χ0) is 23.5. The van der Waals surface area contributed by atoms with Crippen molar-refractivity contribution in [2.24, 2.45) is 52.3 Å². The molecule has 32 heavy (non-hydrogen) atoms. The smallest absolute Gasteiger partial charge is 0.333 e. The Morgan fingerprint density at radius 3 is 2.31 bits per heavy atom. The highest BCUT2D eigenvalue weighted by molar-refractivity contribution is 7.83. The highest BCUT2D eigenvalue weighted by Crippen LogP contribution is 2.69. The molecule has 4 aliphatic rings. The lowest BCUT2D eigenvalue weighted by Crippen LogP contribution is -2.62. The van der Waals surface area contributed by atoms with Crippen LogP contribution in [0.1, 0.15) is 85.5 Å². The van der Waals surface area contributed by atoms with Gasteiger partial charge in [0, 0.05) is 6.54 Å². The number of hydrogen-bond donors (Lipinski definition) is 4. The summed E-state index contributed by atoms with van der Waals surface area (Å²) in [5.41, 5.74) is 0.392. The third kappa shape index (κ3) is 4.08. The number of aliphatic hydroxyl groups is 2. The molecule has 4 rings (SSSR count). The Kier molecular flexibility index (Phi) is 6.83. The van der Waals surface area contributed by atoms with Gasteiger partial charge in [0.2, 0.25) is 0 Å². The van der Waals surface area contributed by atoms with Gasteiger partial charge in [-0.1, -0.05) is 34.1 Å². The van der Waals surface area contributed by atoms with E-state index < -0.39 is 10.3 Å². The van der Waals surface area contributed by atoms with Gasteiger partial charge in [-0.3, -0.25) is 4.55 Å². The fourth-order valence-electron chi connectivity index (χ4n) is 9.55. The number of fused-ring (bicyclic) bond motifs is 5. The fourth-order valence-corrected chi connectivity index (χ4v) is 9.93. The van der Waals surface area contributed by atoms with Gasteiger partial charge in [0.15, 0.2) is 0 Å². The van der Waals surface area contributed by atoms with Gasteiger partial charge < -0.3 is 10.2 Å². The van der Waals surface area contributed by atoms with Gasteiger partial charge in [0.05, 0.1) is 12.2 Å². The first-order valence-corrected chi connectivity index (χ1v) is 14.4. The molecule has 0 aromatic heterocycles. The van der Waals surface area contributed by atoms with Gasteiger partial charge in [-0.05, 0) is 104 Å². The Balaban J connectivity index is 1.56. The molecule has 0 spiro atoms. The highest BCUT2D eigenvalue weighted by Gasteiger charge is 2.64. The SMILES string of the molecule is CC[C@H]1[C@@H](O)[C@@H]2[C@H](CC[C@]3(C)[C@@H]([C@H](C)CCNS(=O)(=O)O)CC[C@@H]23)[C@@]2(C)CC[C@@H](O)C[C@@H]12. The second kappa shape index (κ2) is 8.78. The van der Waals surface area contributed by atoms with Crippen molar-refractivity contribution in [1.29, 1.82) is 0 Å². The molecule has 4 N–H and O–H groups in total. The van der Waals surface area contributed by atoms with Gasteiger partial charge in [0.25, 0.3) is 0 Å². The predicted octanol–water partition coefficient (Wildman–Crippen LogP) is 4.03. The van der Waals surface area contributed by atoms with Gasteiger partial charge in [-0.15, -0.1) is 0 Å². The lowest BCUT2D eigenvalue weighted by Gasteiger charge is -2.64. The molecule has 4 fully saturated rings. The summed E-state index contributed by atoms with van der Waals surface area (Å²) in [5.74, 6) is 2.95. The maximum atomic E-state index is 11.7.